The van der Waals surface area contributed by atoms with E-state index in [0.717, 1.165) is 39.1 Å². The summed E-state index contributed by atoms with van der Waals surface area (Å²) < 4.78 is 9.95. The van der Waals surface area contributed by atoms with Crippen LogP contribution in [0.15, 0.2) is 37.4 Å². The van der Waals surface area contributed by atoms with Gasteiger partial charge in [-0.1, -0.05) is 20.8 Å². The molecule has 2 aromatic heterocycles. The predicted molar refractivity (Wildman–Crippen MR) is 91.3 cm³/mol. The summed E-state index contributed by atoms with van der Waals surface area (Å²) in [4.78, 5) is 8.28. The third kappa shape index (κ3) is 5.80. The van der Waals surface area contributed by atoms with E-state index in [1.54, 1.807) is 12.4 Å². The topological polar surface area (TPSA) is 56.9 Å². The quantitative estimate of drug-likeness (QED) is 0.647. The number of rotatable bonds is 11. The summed E-state index contributed by atoms with van der Waals surface area (Å²) in [7, 11) is 0. The molecule has 0 aliphatic rings. The SMILES string of the molecule is CCC(C)(C)COCCNCCC(n1ccnc1)n1ccnc1. The lowest BCUT2D eigenvalue weighted by molar-refractivity contribution is 0.0619. The van der Waals surface area contributed by atoms with Crippen LogP contribution in [0.25, 0.3) is 0 Å². The van der Waals surface area contributed by atoms with Crippen molar-refractivity contribution in [2.45, 2.75) is 39.8 Å². The molecule has 2 heterocycles. The molecule has 23 heavy (non-hydrogen) atoms. The van der Waals surface area contributed by atoms with Gasteiger partial charge in [0.15, 0.2) is 0 Å². The number of hydrogen-bond donors (Lipinski definition) is 1. The van der Waals surface area contributed by atoms with Gasteiger partial charge in [-0.25, -0.2) is 9.97 Å². The molecule has 0 saturated carbocycles. The molecule has 0 spiro atoms. The van der Waals surface area contributed by atoms with Gasteiger partial charge in [-0.3, -0.25) is 0 Å². The monoisotopic (exact) mass is 319 g/mol. The van der Waals surface area contributed by atoms with Crippen LogP contribution in [-0.4, -0.2) is 45.4 Å². The molecule has 0 aliphatic heterocycles. The first-order valence-corrected chi connectivity index (χ1v) is 8.36. The van der Waals surface area contributed by atoms with Gasteiger partial charge in [0.1, 0.15) is 6.17 Å². The number of nitrogens with one attached hydrogen (secondary N) is 1. The van der Waals surface area contributed by atoms with Crippen molar-refractivity contribution in [3.05, 3.63) is 37.4 Å². The third-order valence-corrected chi connectivity index (χ3v) is 4.19. The number of ether oxygens (including phenoxy) is 1. The van der Waals surface area contributed by atoms with Crippen LogP contribution >= 0.6 is 0 Å². The van der Waals surface area contributed by atoms with Crippen LogP contribution in [0.5, 0.6) is 0 Å². The summed E-state index contributed by atoms with van der Waals surface area (Å²) in [5.41, 5.74) is 0.272. The summed E-state index contributed by atoms with van der Waals surface area (Å²) in [5, 5.41) is 3.45. The van der Waals surface area contributed by atoms with E-state index in [0.29, 0.717) is 0 Å². The second-order valence-electron chi connectivity index (χ2n) is 6.61. The Labute approximate surface area is 138 Å². The predicted octanol–water partition coefficient (Wildman–Crippen LogP) is 2.56. The zero-order chi connectivity index (χ0) is 16.5. The zero-order valence-electron chi connectivity index (χ0n) is 14.5. The van der Waals surface area contributed by atoms with Crippen molar-refractivity contribution in [3.63, 3.8) is 0 Å². The Balaban J connectivity index is 1.68. The number of hydrogen-bond acceptors (Lipinski definition) is 4. The first-order valence-electron chi connectivity index (χ1n) is 8.36. The molecule has 0 aromatic carbocycles. The van der Waals surface area contributed by atoms with Gasteiger partial charge >= 0.3 is 0 Å². The van der Waals surface area contributed by atoms with Crippen LogP contribution in [0.1, 0.15) is 39.8 Å². The summed E-state index contributed by atoms with van der Waals surface area (Å²) in [6, 6.07) is 0. The normalized spacial score (nSPS) is 12.2. The van der Waals surface area contributed by atoms with E-state index in [1.165, 1.54) is 0 Å². The standard InChI is InChI=1S/C17H29N5O/c1-4-17(2,3)13-23-12-9-18-6-5-16(21-10-7-19-14-21)22-11-8-20-15-22/h7-8,10-11,14-16,18H,4-6,9,12-13H2,1-3H3. The minimum atomic E-state index is 0.201. The summed E-state index contributed by atoms with van der Waals surface area (Å²) >= 11 is 0. The number of aromatic nitrogens is 4. The maximum Gasteiger partial charge on any atom is 0.113 e. The zero-order valence-corrected chi connectivity index (χ0v) is 14.5. The fraction of sp³-hybridized carbons (Fsp3) is 0.647. The van der Waals surface area contributed by atoms with Crippen LogP contribution < -0.4 is 5.32 Å². The Bertz CT molecular complexity index is 487. The lowest BCUT2D eigenvalue weighted by Gasteiger charge is -2.22. The van der Waals surface area contributed by atoms with Crippen LogP contribution in [-0.2, 0) is 4.74 Å². The highest BCUT2D eigenvalue weighted by molar-refractivity contribution is 4.86. The molecule has 0 bridgehead atoms. The van der Waals surface area contributed by atoms with E-state index in [4.69, 9.17) is 4.74 Å². The van der Waals surface area contributed by atoms with E-state index >= 15 is 0 Å². The molecule has 0 saturated heterocycles. The maximum atomic E-state index is 5.75. The molecule has 0 unspecified atom stereocenters. The average Bonchev–Trinajstić information content (AvgIpc) is 3.23. The van der Waals surface area contributed by atoms with Crippen molar-refractivity contribution in [1.82, 2.24) is 24.4 Å². The molecule has 0 amide bonds. The Kier molecular flexibility index (Phi) is 6.80. The van der Waals surface area contributed by atoms with Gasteiger partial charge in [-0.15, -0.1) is 0 Å². The first-order chi connectivity index (χ1) is 11.1. The summed E-state index contributed by atoms with van der Waals surface area (Å²) in [6.07, 6.45) is 13.6. The van der Waals surface area contributed by atoms with Crippen LogP contribution in [0.2, 0.25) is 0 Å². The van der Waals surface area contributed by atoms with Crippen molar-refractivity contribution in [1.29, 1.82) is 0 Å². The van der Waals surface area contributed by atoms with Crippen molar-refractivity contribution in [2.75, 3.05) is 26.3 Å². The Hall–Kier alpha value is -1.66. The van der Waals surface area contributed by atoms with Gasteiger partial charge in [0.25, 0.3) is 0 Å². The van der Waals surface area contributed by atoms with Crippen molar-refractivity contribution in [2.24, 2.45) is 5.41 Å². The van der Waals surface area contributed by atoms with Crippen LogP contribution in [0.3, 0.4) is 0 Å². The highest BCUT2D eigenvalue weighted by Gasteiger charge is 2.14. The molecule has 0 fully saturated rings. The maximum absolute atomic E-state index is 5.75. The fourth-order valence-electron chi connectivity index (χ4n) is 2.29. The molecule has 128 valence electrons. The minimum Gasteiger partial charge on any atom is -0.380 e. The summed E-state index contributed by atoms with van der Waals surface area (Å²) in [5.74, 6) is 0. The molecule has 0 aliphatic carbocycles. The van der Waals surface area contributed by atoms with Gasteiger partial charge in [-0.2, -0.15) is 0 Å². The Morgan fingerprint density at radius 3 is 2.26 bits per heavy atom. The molecular formula is C17H29N5O. The largest absolute Gasteiger partial charge is 0.380 e. The Morgan fingerprint density at radius 2 is 1.74 bits per heavy atom. The van der Waals surface area contributed by atoms with Crippen molar-refractivity contribution >= 4 is 0 Å². The van der Waals surface area contributed by atoms with E-state index < -0.39 is 0 Å². The number of nitrogens with zero attached hydrogens (tertiary/aromatic N) is 4. The average molecular weight is 319 g/mol. The third-order valence-electron chi connectivity index (χ3n) is 4.19. The van der Waals surface area contributed by atoms with Gasteiger partial charge in [0.2, 0.25) is 0 Å². The van der Waals surface area contributed by atoms with E-state index in [2.05, 4.69) is 45.2 Å². The van der Waals surface area contributed by atoms with E-state index in [-0.39, 0.29) is 11.6 Å². The molecular weight excluding hydrogens is 290 g/mol. The number of imidazole rings is 2. The van der Waals surface area contributed by atoms with Crippen LogP contribution in [0.4, 0.5) is 0 Å². The second-order valence-corrected chi connectivity index (χ2v) is 6.61. The molecule has 2 aromatic rings. The first kappa shape index (κ1) is 17.7. The van der Waals surface area contributed by atoms with Gasteiger partial charge in [0, 0.05) is 31.3 Å². The molecule has 0 atom stereocenters. The van der Waals surface area contributed by atoms with E-state index in [1.807, 2.05) is 25.0 Å². The molecule has 1 N–H and O–H groups in total. The second kappa shape index (κ2) is 8.84. The minimum absolute atomic E-state index is 0.201. The lowest BCUT2D eigenvalue weighted by atomic mass is 9.92. The van der Waals surface area contributed by atoms with Gasteiger partial charge in [-0.05, 0) is 24.8 Å². The molecule has 6 heteroatoms. The fourth-order valence-corrected chi connectivity index (χ4v) is 2.29. The highest BCUT2D eigenvalue weighted by atomic mass is 16.5. The van der Waals surface area contributed by atoms with Crippen molar-refractivity contribution in [3.8, 4) is 0 Å². The molecule has 0 radical (unpaired) electrons. The highest BCUT2D eigenvalue weighted by Crippen LogP contribution is 2.19. The van der Waals surface area contributed by atoms with Crippen molar-refractivity contribution < 1.29 is 4.74 Å². The van der Waals surface area contributed by atoms with E-state index in [9.17, 15) is 0 Å². The Morgan fingerprint density at radius 1 is 1.09 bits per heavy atom. The van der Waals surface area contributed by atoms with Gasteiger partial charge < -0.3 is 19.2 Å². The van der Waals surface area contributed by atoms with Crippen LogP contribution in [0, 0.1) is 5.41 Å². The molecule has 2 rings (SSSR count). The summed E-state index contributed by atoms with van der Waals surface area (Å²) in [6.45, 7) is 10.0. The smallest absolute Gasteiger partial charge is 0.113 e. The lowest BCUT2D eigenvalue weighted by Crippen LogP contribution is -2.27. The van der Waals surface area contributed by atoms with Gasteiger partial charge in [0.05, 0.1) is 25.9 Å². The molecule has 6 nitrogen and oxygen atoms in total.